The van der Waals surface area contributed by atoms with E-state index in [9.17, 15) is 0 Å². The van der Waals surface area contributed by atoms with Crippen LogP contribution in [0.5, 0.6) is 0 Å². The Bertz CT molecular complexity index is 9850. The van der Waals surface area contributed by atoms with Crippen LogP contribution in [0.4, 0.5) is 0 Å². The molecule has 13 heteroatoms. The summed E-state index contributed by atoms with van der Waals surface area (Å²) in [6.07, 6.45) is 1.87. The maximum absolute atomic E-state index is 5.23. The number of benzene rings is 20. The van der Waals surface area contributed by atoms with E-state index in [0.29, 0.717) is 29.4 Å². The van der Waals surface area contributed by atoms with Crippen LogP contribution >= 0.6 is 22.7 Å². The lowest BCUT2D eigenvalue weighted by Gasteiger charge is -2.12. The Morgan fingerprint density at radius 3 is 1.16 bits per heavy atom. The summed E-state index contributed by atoms with van der Waals surface area (Å²) >= 11 is 3.74. The second-order valence-corrected chi connectivity index (χ2v) is 37.8. The van der Waals surface area contributed by atoms with Gasteiger partial charge in [-0.25, -0.2) is 34.9 Å². The van der Waals surface area contributed by atoms with Gasteiger partial charge in [-0.3, -0.25) is 9.13 Å². The fraction of sp³-hybridized carbons (Fsp3) is 0. The Hall–Kier alpha value is -18.5. The Morgan fingerprint density at radius 2 is 0.542 bits per heavy atom. The third kappa shape index (κ3) is 14.4. The zero-order chi connectivity index (χ0) is 93.7. The summed E-state index contributed by atoms with van der Waals surface area (Å²) in [5.74, 6) is 3.28. The van der Waals surface area contributed by atoms with Crippen molar-refractivity contribution in [1.29, 1.82) is 0 Å². The minimum Gasteiger partial charge on any atom is -0.309 e. The third-order valence-corrected chi connectivity index (χ3v) is 29.9. The van der Waals surface area contributed by atoms with Crippen molar-refractivity contribution in [3.63, 3.8) is 0 Å². The van der Waals surface area contributed by atoms with Crippen LogP contribution in [0.1, 0.15) is 0 Å². The molecule has 664 valence electrons. The van der Waals surface area contributed by atoms with E-state index in [0.717, 1.165) is 101 Å². The SMILES string of the molecule is c1ccc(-c2cc(-c3ccccc3)nc(-n3c4ccccc4c4ccc(-c5ccc6c(c5)c5ccccc5n6-c5ccccc5)cc43)n2)cc1.c1ccc(-c2ccc(-c3cccc(-c4ccnc(-n5c6ccccc6c6c7sc8ccccc8c7ccc65)n4)c3)cc2)cc1.c1ccc(-c2nc(-c3ccccc3)nc(-c3ccc(-n4c5ccccc5c5c6ccccc6c6c7ccccc7sc6c54)cc3)n2)cc1. The molecule has 9 aromatic heterocycles. The van der Waals surface area contributed by atoms with E-state index in [1.807, 2.05) is 114 Å². The molecule has 0 radical (unpaired) electrons. The molecule has 0 unspecified atom stereocenters. The summed E-state index contributed by atoms with van der Waals surface area (Å²) in [5.41, 5.74) is 27.2. The van der Waals surface area contributed by atoms with Crippen LogP contribution in [0.25, 0.3) is 263 Å². The van der Waals surface area contributed by atoms with Gasteiger partial charge in [0, 0.05) is 130 Å². The largest absolute Gasteiger partial charge is 0.309 e. The summed E-state index contributed by atoms with van der Waals surface area (Å²) in [6.45, 7) is 0. The highest BCUT2D eigenvalue weighted by Gasteiger charge is 2.26. The smallest absolute Gasteiger partial charge is 0.235 e. The second-order valence-electron chi connectivity index (χ2n) is 35.7. The molecule has 9 heterocycles. The van der Waals surface area contributed by atoms with Crippen LogP contribution in [0.15, 0.2) is 492 Å². The number of rotatable bonds is 13. The fourth-order valence-electron chi connectivity index (χ4n) is 20.9. The summed E-state index contributed by atoms with van der Waals surface area (Å²) < 4.78 is 14.5. The predicted molar refractivity (Wildman–Crippen MR) is 593 cm³/mol. The first-order valence-electron chi connectivity index (χ1n) is 47.7. The number of hydrogen-bond donors (Lipinski definition) is 0. The maximum Gasteiger partial charge on any atom is 0.235 e. The molecule has 0 amide bonds. The van der Waals surface area contributed by atoms with E-state index in [1.54, 1.807) is 0 Å². The van der Waals surface area contributed by atoms with E-state index in [4.69, 9.17) is 34.9 Å². The average Bonchev–Trinajstić information content (AvgIpc) is 1.54. The Labute approximate surface area is 824 Å². The van der Waals surface area contributed by atoms with Gasteiger partial charge >= 0.3 is 0 Å². The summed E-state index contributed by atoms with van der Waals surface area (Å²) in [7, 11) is 0. The van der Waals surface area contributed by atoms with Gasteiger partial charge in [0.25, 0.3) is 0 Å². The molecule has 0 aliphatic rings. The summed E-state index contributed by atoms with van der Waals surface area (Å²) in [4.78, 5) is 35.2. The Morgan fingerprint density at radius 1 is 0.169 bits per heavy atom. The highest BCUT2D eigenvalue weighted by molar-refractivity contribution is 7.27. The second kappa shape index (κ2) is 34.9. The van der Waals surface area contributed by atoms with Crippen molar-refractivity contribution in [3.8, 4) is 125 Å². The van der Waals surface area contributed by atoms with Gasteiger partial charge in [-0.1, -0.05) is 370 Å². The highest BCUT2D eigenvalue weighted by Crippen LogP contribution is 2.50. The van der Waals surface area contributed by atoms with Crippen molar-refractivity contribution in [1.82, 2.24) is 53.2 Å². The van der Waals surface area contributed by atoms with Crippen LogP contribution in [0.2, 0.25) is 0 Å². The van der Waals surface area contributed by atoms with Gasteiger partial charge < -0.3 is 9.13 Å². The van der Waals surface area contributed by atoms with E-state index in [-0.39, 0.29) is 0 Å². The number of hydrogen-bond acceptors (Lipinski definition) is 9. The molecule has 0 fully saturated rings. The van der Waals surface area contributed by atoms with Crippen molar-refractivity contribution in [2.24, 2.45) is 0 Å². The van der Waals surface area contributed by atoms with Gasteiger partial charge in [-0.15, -0.1) is 22.7 Å². The molecule has 29 aromatic rings. The summed E-state index contributed by atoms with van der Waals surface area (Å²) in [6, 6.07) is 171. The lowest BCUT2D eigenvalue weighted by molar-refractivity contribution is 0.992. The quantitative estimate of drug-likeness (QED) is 0.113. The van der Waals surface area contributed by atoms with Crippen molar-refractivity contribution in [2.45, 2.75) is 0 Å². The predicted octanol–water partition coefficient (Wildman–Crippen LogP) is 34.1. The normalized spacial score (nSPS) is 11.7. The van der Waals surface area contributed by atoms with E-state index < -0.39 is 0 Å². The Balaban J connectivity index is 0.000000107. The third-order valence-electron chi connectivity index (χ3n) is 27.5. The monoisotopic (exact) mass is 1850 g/mol. The van der Waals surface area contributed by atoms with E-state index >= 15 is 0 Å². The summed E-state index contributed by atoms with van der Waals surface area (Å²) in [5, 5.41) is 17.6. The first-order chi connectivity index (χ1) is 70.4. The van der Waals surface area contributed by atoms with E-state index in [1.165, 1.54) is 133 Å². The zero-order valence-electron chi connectivity index (χ0n) is 76.5. The molecular formula is C129H81N11S2. The molecule has 0 aliphatic carbocycles. The van der Waals surface area contributed by atoms with Gasteiger partial charge in [-0.2, -0.15) is 0 Å². The van der Waals surface area contributed by atoms with Crippen LogP contribution < -0.4 is 0 Å². The molecule has 0 N–H and O–H groups in total. The van der Waals surface area contributed by atoms with Gasteiger partial charge in [0.2, 0.25) is 11.9 Å². The highest BCUT2D eigenvalue weighted by atomic mass is 32.1. The fourth-order valence-corrected chi connectivity index (χ4v) is 23.4. The lowest BCUT2D eigenvalue weighted by atomic mass is 9.98. The van der Waals surface area contributed by atoms with Gasteiger partial charge in [0.15, 0.2) is 17.5 Å². The van der Waals surface area contributed by atoms with Crippen LogP contribution in [-0.2, 0) is 0 Å². The lowest BCUT2D eigenvalue weighted by Crippen LogP contribution is -2.04. The number of para-hydroxylation sites is 5. The van der Waals surface area contributed by atoms with Crippen LogP contribution in [0.3, 0.4) is 0 Å². The first-order valence-corrected chi connectivity index (χ1v) is 49.4. The molecule has 0 spiro atoms. The molecule has 11 nitrogen and oxygen atoms in total. The molecule has 0 bridgehead atoms. The molecule has 142 heavy (non-hydrogen) atoms. The first kappa shape index (κ1) is 82.9. The van der Waals surface area contributed by atoms with Crippen molar-refractivity contribution in [3.05, 3.63) is 492 Å². The Kier molecular flexibility index (Phi) is 20.4. The molecule has 0 aliphatic heterocycles. The van der Waals surface area contributed by atoms with Crippen LogP contribution in [0, 0.1) is 0 Å². The van der Waals surface area contributed by atoms with Gasteiger partial charge in [0.1, 0.15) is 0 Å². The minimum atomic E-state index is 0.648. The van der Waals surface area contributed by atoms with Gasteiger partial charge in [0.05, 0.1) is 65.9 Å². The standard InChI is InChI=1S/C46H30N4.C43H26N4S.C40H25N3S/c1-4-14-31(15-5-1)40-30-41(32-16-6-2-7-17-32)48-46(47-40)50-43-23-13-10-20-36(43)38-26-24-34(29-45(38)50)33-25-27-44-39(28-33)37-21-11-12-22-42(37)49(44)35-18-8-3-9-19-35;1-3-13-27(14-4-1)41-44-42(28-15-5-2-6-16-28)46-43(45-41)29-23-25-30(26-24-29)47-35-21-11-9-19-33(35)37-31-17-7-8-18-32(31)38-34-20-10-12-22-36(34)48-40(38)39(37)47;1-2-9-26(10-3-1)27-17-19-28(20-18-27)29-11-8-12-30(25-29)34-23-24-41-40(42-34)43-35-15-6-4-14-33(35)38-36(43)22-21-32-31-13-5-7-16-37(31)44-39(32)38/h1-30H;1-26H;1-25H. The molecule has 0 saturated carbocycles. The van der Waals surface area contributed by atoms with Crippen molar-refractivity contribution >= 4 is 161 Å². The van der Waals surface area contributed by atoms with Crippen LogP contribution in [-0.4, -0.2) is 53.2 Å². The van der Waals surface area contributed by atoms with Gasteiger partial charge in [-0.05, 0) is 159 Å². The number of aromatic nitrogens is 11. The minimum absolute atomic E-state index is 0.648. The topological polar surface area (TPSA) is 110 Å². The zero-order valence-corrected chi connectivity index (χ0v) is 78.1. The number of nitrogens with zero attached hydrogens (tertiary/aromatic N) is 11. The molecule has 20 aromatic carbocycles. The molecular weight excluding hydrogens is 1770 g/mol. The van der Waals surface area contributed by atoms with Crippen molar-refractivity contribution in [2.75, 3.05) is 0 Å². The molecule has 29 rings (SSSR count). The van der Waals surface area contributed by atoms with Crippen molar-refractivity contribution < 1.29 is 0 Å². The maximum atomic E-state index is 5.23. The molecule has 0 atom stereocenters. The number of fused-ring (bicyclic) bond motifs is 23. The average molecular weight is 1850 g/mol. The van der Waals surface area contributed by atoms with E-state index in [2.05, 4.69) is 419 Å². The molecule has 0 saturated heterocycles. The number of thiophene rings is 2.